The maximum atomic E-state index is 11.2. The molecule has 0 radical (unpaired) electrons. The third kappa shape index (κ3) is 3.82. The molecule has 1 amide bonds. The maximum Gasteiger partial charge on any atom is 0.222 e. The lowest BCUT2D eigenvalue weighted by molar-refractivity contribution is -0.114. The monoisotopic (exact) mass is 364 g/mol. The van der Waals surface area contributed by atoms with Gasteiger partial charge in [-0.2, -0.15) is 0 Å². The number of hydrogen-bond donors (Lipinski definition) is 5. The number of carbonyl (C=O) groups is 1. The first-order valence-electron chi connectivity index (χ1n) is 7.67. The Hall–Kier alpha value is -2.40. The summed E-state index contributed by atoms with van der Waals surface area (Å²) in [6.07, 6.45) is 3.92. The van der Waals surface area contributed by atoms with Gasteiger partial charge in [-0.15, -0.1) is 0 Å². The van der Waals surface area contributed by atoms with Gasteiger partial charge in [0.05, 0.1) is 0 Å². The number of anilines is 3. The molecule has 3 rings (SSSR count). The first-order chi connectivity index (χ1) is 11.9. The number of nitrogens with two attached hydrogens (primary N) is 1. The van der Waals surface area contributed by atoms with Crippen molar-refractivity contribution >= 4 is 34.2 Å². The number of nitrogens with one attached hydrogen (secondary N) is 2. The Labute approximate surface area is 146 Å². The second-order valence-corrected chi connectivity index (χ2v) is 7.38. The van der Waals surface area contributed by atoms with Crippen LogP contribution < -0.4 is 20.1 Å². The minimum absolute atomic E-state index is 0.212. The molecule has 0 bridgehead atoms. The van der Waals surface area contributed by atoms with E-state index in [4.69, 9.17) is 5.73 Å². The molecule has 2 aromatic heterocycles. The van der Waals surface area contributed by atoms with Crippen LogP contribution in [0.4, 0.5) is 17.3 Å². The lowest BCUT2D eigenvalue weighted by atomic mass is 10.1. The lowest BCUT2D eigenvalue weighted by Gasteiger charge is -2.47. The fraction of sp³-hybridized carbons (Fsp3) is 0.267. The van der Waals surface area contributed by atoms with Crippen LogP contribution in [-0.4, -0.2) is 38.1 Å². The average molecular weight is 364 g/mol. The zero-order chi connectivity index (χ0) is 18.0. The van der Waals surface area contributed by atoms with Gasteiger partial charge in [0.2, 0.25) is 5.91 Å². The second-order valence-electron chi connectivity index (χ2n) is 5.61. The zero-order valence-corrected chi connectivity index (χ0v) is 14.5. The quantitative estimate of drug-likeness (QED) is 0.558. The highest BCUT2D eigenvalue weighted by Gasteiger charge is 2.28. The Bertz CT molecular complexity index is 801. The van der Waals surface area contributed by atoms with Crippen molar-refractivity contribution in [3.05, 3.63) is 30.6 Å². The summed E-state index contributed by atoms with van der Waals surface area (Å²) in [4.78, 5) is 19.5. The first kappa shape index (κ1) is 17.4. The predicted octanol–water partition coefficient (Wildman–Crippen LogP) is 2.06. The summed E-state index contributed by atoms with van der Waals surface area (Å²) >= 11 is 0. The van der Waals surface area contributed by atoms with Gasteiger partial charge in [-0.1, -0.05) is 11.0 Å². The van der Waals surface area contributed by atoms with Gasteiger partial charge in [-0.3, -0.25) is 18.2 Å². The third-order valence-electron chi connectivity index (χ3n) is 3.70. The fourth-order valence-electron chi connectivity index (χ4n) is 2.57. The molecular formula is C15H20N6O3S. The smallest absolute Gasteiger partial charge is 0.222 e. The summed E-state index contributed by atoms with van der Waals surface area (Å²) in [5.74, 6) is 0.421. The van der Waals surface area contributed by atoms with Crippen LogP contribution in [0.2, 0.25) is 0 Å². The van der Waals surface area contributed by atoms with Crippen molar-refractivity contribution in [2.45, 2.75) is 13.3 Å². The fourth-order valence-corrected chi connectivity index (χ4v) is 3.95. The van der Waals surface area contributed by atoms with Gasteiger partial charge in [0.15, 0.2) is 0 Å². The molecule has 9 nitrogen and oxygen atoms in total. The van der Waals surface area contributed by atoms with Crippen LogP contribution in [0.5, 0.6) is 0 Å². The summed E-state index contributed by atoms with van der Waals surface area (Å²) in [6, 6.07) is 5.23. The van der Waals surface area contributed by atoms with E-state index in [-0.39, 0.29) is 11.7 Å². The average Bonchev–Trinajstić information content (AvgIpc) is 2.55. The molecule has 0 unspecified atom stereocenters. The Morgan fingerprint density at radius 2 is 2.16 bits per heavy atom. The van der Waals surface area contributed by atoms with Crippen molar-refractivity contribution in [2.75, 3.05) is 28.4 Å². The van der Waals surface area contributed by atoms with Crippen LogP contribution in [0.15, 0.2) is 30.6 Å². The van der Waals surface area contributed by atoms with E-state index in [0.717, 1.165) is 17.5 Å². The van der Waals surface area contributed by atoms with Crippen LogP contribution in [0, 0.1) is 0 Å². The number of nitrogens with zero attached hydrogens (tertiary/aromatic N) is 3. The Morgan fingerprint density at radius 3 is 2.88 bits per heavy atom. The highest BCUT2D eigenvalue weighted by atomic mass is 32.3. The Kier molecular flexibility index (Phi) is 4.77. The normalized spacial score (nSPS) is 17.8. The molecule has 2 aromatic rings. The minimum atomic E-state index is -3.13. The van der Waals surface area contributed by atoms with Gasteiger partial charge < -0.3 is 11.1 Å². The molecule has 1 aliphatic rings. The van der Waals surface area contributed by atoms with Crippen LogP contribution in [0.1, 0.15) is 13.3 Å². The predicted molar refractivity (Wildman–Crippen MR) is 99.0 cm³/mol. The third-order valence-corrected chi connectivity index (χ3v) is 5.29. The topological polar surface area (TPSA) is 137 Å². The maximum absolute atomic E-state index is 11.2. The summed E-state index contributed by atoms with van der Waals surface area (Å²) < 4.78 is 24.6. The highest BCUT2D eigenvalue weighted by molar-refractivity contribution is 8.23. The molecule has 6 N–H and O–H groups in total. The van der Waals surface area contributed by atoms with Crippen LogP contribution in [0.3, 0.4) is 0 Å². The van der Waals surface area contributed by atoms with E-state index in [1.165, 1.54) is 11.2 Å². The minimum Gasteiger partial charge on any atom is -0.382 e. The molecule has 0 aliphatic carbocycles. The van der Waals surface area contributed by atoms with Crippen molar-refractivity contribution in [3.8, 4) is 11.1 Å². The Morgan fingerprint density at radius 1 is 1.36 bits per heavy atom. The first-order valence-corrected chi connectivity index (χ1v) is 9.17. The van der Waals surface area contributed by atoms with E-state index in [9.17, 15) is 13.9 Å². The van der Waals surface area contributed by atoms with Crippen LogP contribution >= 0.6 is 11.0 Å². The molecule has 134 valence electrons. The van der Waals surface area contributed by atoms with E-state index >= 15 is 0 Å². The molecule has 0 spiro atoms. The lowest BCUT2D eigenvalue weighted by Crippen LogP contribution is -2.43. The van der Waals surface area contributed by atoms with E-state index in [1.54, 1.807) is 30.6 Å². The van der Waals surface area contributed by atoms with Crippen molar-refractivity contribution in [2.24, 2.45) is 0 Å². The Balaban J connectivity index is 1.98. The number of aromatic nitrogens is 2. The van der Waals surface area contributed by atoms with Gasteiger partial charge in [-0.25, -0.2) is 14.7 Å². The molecule has 0 saturated carbocycles. The number of rotatable bonds is 3. The zero-order valence-electron chi connectivity index (χ0n) is 13.6. The molecule has 1 saturated heterocycles. The van der Waals surface area contributed by atoms with Crippen molar-refractivity contribution in [1.29, 1.82) is 0 Å². The van der Waals surface area contributed by atoms with Crippen LogP contribution in [-0.2, 0) is 4.79 Å². The number of amides is 1. The van der Waals surface area contributed by atoms with Crippen molar-refractivity contribution in [3.63, 3.8) is 0 Å². The molecule has 25 heavy (non-hydrogen) atoms. The van der Waals surface area contributed by atoms with Crippen molar-refractivity contribution < 1.29 is 13.9 Å². The number of carbonyl (C=O) groups excluding carboxylic acids is 1. The summed E-state index contributed by atoms with van der Waals surface area (Å²) in [5, 5.41) is 2.63. The van der Waals surface area contributed by atoms with E-state index in [1.807, 2.05) is 0 Å². The summed E-state index contributed by atoms with van der Waals surface area (Å²) in [7, 11) is -3.13. The van der Waals surface area contributed by atoms with Gasteiger partial charge in [-0.05, 0) is 30.2 Å². The van der Waals surface area contributed by atoms with Gasteiger partial charge >= 0.3 is 0 Å². The molecule has 1 fully saturated rings. The summed E-state index contributed by atoms with van der Waals surface area (Å²) in [6.45, 7) is 2.39. The summed E-state index contributed by atoms with van der Waals surface area (Å²) in [5.41, 5.74) is 7.90. The molecule has 0 aromatic carbocycles. The molecule has 3 heterocycles. The SMILES string of the molecule is CC(=O)Nc1cc(-c2cnc(N)c(N3CCCNS3(O)O)c2)ccn1. The van der Waals surface area contributed by atoms with E-state index in [2.05, 4.69) is 20.0 Å². The number of hydrogen-bond acceptors (Lipinski definition) is 8. The largest absolute Gasteiger partial charge is 0.382 e. The van der Waals surface area contributed by atoms with Gasteiger partial charge in [0, 0.05) is 38.0 Å². The van der Waals surface area contributed by atoms with E-state index < -0.39 is 11.0 Å². The van der Waals surface area contributed by atoms with Crippen molar-refractivity contribution in [1.82, 2.24) is 14.7 Å². The highest BCUT2D eigenvalue weighted by Crippen LogP contribution is 2.46. The number of nitrogen functional groups attached to an aromatic ring is 1. The molecule has 10 heteroatoms. The standard InChI is InChI=1S/C15H20N6O3S/c1-10(22)20-14-8-11(3-5-17-14)12-7-13(15(16)18-9-12)21-6-2-4-19-25(21,23)24/h3,5,7-9,19,23-24H,2,4,6H2,1H3,(H2,16,18)(H,17,20,22). The van der Waals surface area contributed by atoms with Crippen LogP contribution in [0.25, 0.3) is 11.1 Å². The second kappa shape index (κ2) is 6.84. The van der Waals surface area contributed by atoms with Gasteiger partial charge in [0.1, 0.15) is 17.3 Å². The molecule has 0 atom stereocenters. The molecule has 1 aliphatic heterocycles. The molecular weight excluding hydrogens is 344 g/mol. The van der Waals surface area contributed by atoms with E-state index in [0.29, 0.717) is 24.6 Å². The van der Waals surface area contributed by atoms with Gasteiger partial charge in [0.25, 0.3) is 0 Å². The number of pyridine rings is 2.